The minimum Gasteiger partial charge on any atom is -0.424 e. The smallest absolute Gasteiger partial charge is 0.296 e. The lowest BCUT2D eigenvalue weighted by Gasteiger charge is -2.24. The van der Waals surface area contributed by atoms with Crippen LogP contribution in [0.25, 0.3) is 11.1 Å². The molecule has 0 saturated heterocycles. The largest absolute Gasteiger partial charge is 0.424 e. The first-order chi connectivity index (χ1) is 8.06. The lowest BCUT2D eigenvalue weighted by Crippen LogP contribution is -2.42. The molecule has 92 valence electrons. The van der Waals surface area contributed by atoms with Crippen molar-refractivity contribution >= 4 is 22.8 Å². The topological polar surface area (TPSA) is 105 Å². The molecule has 5 N–H and O–H groups in total. The number of hydrogen-bond acceptors (Lipinski definition) is 6. The van der Waals surface area contributed by atoms with Crippen LogP contribution in [0.15, 0.2) is 22.6 Å². The van der Waals surface area contributed by atoms with Gasteiger partial charge in [-0.1, -0.05) is 0 Å². The molecular weight excluding hydrogens is 222 g/mol. The molecule has 6 nitrogen and oxygen atoms in total. The molecule has 0 spiro atoms. The lowest BCUT2D eigenvalue weighted by atomic mass is 10.1. The van der Waals surface area contributed by atoms with Crippen molar-refractivity contribution in [3.05, 3.63) is 18.2 Å². The van der Waals surface area contributed by atoms with Crippen molar-refractivity contribution in [2.45, 2.75) is 12.5 Å². The third-order valence-electron chi connectivity index (χ3n) is 2.52. The number of nitrogen functional groups attached to an aromatic ring is 1. The van der Waals surface area contributed by atoms with Gasteiger partial charge in [0.05, 0.1) is 18.8 Å². The summed E-state index contributed by atoms with van der Waals surface area (Å²) in [7, 11) is 0. The Morgan fingerprint density at radius 1 is 1.41 bits per heavy atom. The summed E-state index contributed by atoms with van der Waals surface area (Å²) in [6.07, 6.45) is 0. The quantitative estimate of drug-likeness (QED) is 0.579. The maximum Gasteiger partial charge on any atom is 0.296 e. The third-order valence-corrected chi connectivity index (χ3v) is 2.52. The Morgan fingerprint density at radius 3 is 2.76 bits per heavy atom. The number of nitrogens with zero attached hydrogens (tertiary/aromatic N) is 1. The van der Waals surface area contributed by atoms with E-state index in [1.807, 2.05) is 0 Å². The van der Waals surface area contributed by atoms with Crippen LogP contribution in [0.1, 0.15) is 6.92 Å². The van der Waals surface area contributed by atoms with E-state index in [2.05, 4.69) is 10.3 Å². The SMILES string of the molecule is CC(CO)(CO)Nc1nc2cc(N)ccc2o1. The van der Waals surface area contributed by atoms with Gasteiger partial charge in [0.15, 0.2) is 5.58 Å². The summed E-state index contributed by atoms with van der Waals surface area (Å²) in [5, 5.41) is 21.2. The number of rotatable bonds is 4. The number of fused-ring (bicyclic) bond motifs is 1. The van der Waals surface area contributed by atoms with E-state index in [1.165, 1.54) is 0 Å². The van der Waals surface area contributed by atoms with Gasteiger partial charge in [-0.05, 0) is 25.1 Å². The number of oxazole rings is 1. The molecular formula is C11H15N3O3. The van der Waals surface area contributed by atoms with Gasteiger partial charge in [0.2, 0.25) is 0 Å². The van der Waals surface area contributed by atoms with Crippen molar-refractivity contribution in [2.75, 3.05) is 24.3 Å². The van der Waals surface area contributed by atoms with E-state index in [9.17, 15) is 0 Å². The average Bonchev–Trinajstić information content (AvgIpc) is 2.70. The number of aliphatic hydroxyl groups is 2. The van der Waals surface area contributed by atoms with Gasteiger partial charge in [-0.25, -0.2) is 0 Å². The summed E-state index contributed by atoms with van der Waals surface area (Å²) >= 11 is 0. The van der Waals surface area contributed by atoms with Crippen LogP contribution in [0.3, 0.4) is 0 Å². The first-order valence-corrected chi connectivity index (χ1v) is 5.22. The molecule has 0 radical (unpaired) electrons. The van der Waals surface area contributed by atoms with E-state index < -0.39 is 5.54 Å². The fraction of sp³-hybridized carbons (Fsp3) is 0.364. The van der Waals surface area contributed by atoms with Crippen LogP contribution < -0.4 is 11.1 Å². The highest BCUT2D eigenvalue weighted by Gasteiger charge is 2.24. The maximum absolute atomic E-state index is 9.15. The Bertz CT molecular complexity index is 520. The predicted octanol–water partition coefficient (Wildman–Crippen LogP) is 0.565. The molecule has 0 aliphatic heterocycles. The highest BCUT2D eigenvalue weighted by Crippen LogP contribution is 2.23. The predicted molar refractivity (Wildman–Crippen MR) is 64.6 cm³/mol. The number of aliphatic hydroxyl groups excluding tert-OH is 2. The van der Waals surface area contributed by atoms with Gasteiger partial charge in [0.25, 0.3) is 6.01 Å². The molecule has 0 aliphatic carbocycles. The summed E-state index contributed by atoms with van der Waals surface area (Å²) in [6.45, 7) is 1.20. The molecule has 1 aromatic carbocycles. The second-order valence-corrected chi connectivity index (χ2v) is 4.25. The molecule has 0 aliphatic rings. The van der Waals surface area contributed by atoms with Crippen molar-refractivity contribution in [1.29, 1.82) is 0 Å². The molecule has 17 heavy (non-hydrogen) atoms. The highest BCUT2D eigenvalue weighted by atomic mass is 16.4. The van der Waals surface area contributed by atoms with Crippen molar-refractivity contribution in [3.63, 3.8) is 0 Å². The Labute approximate surface area is 98.1 Å². The molecule has 0 saturated carbocycles. The molecule has 2 rings (SSSR count). The molecule has 1 heterocycles. The molecule has 0 atom stereocenters. The average molecular weight is 237 g/mol. The standard InChI is InChI=1S/C11H15N3O3/c1-11(5-15,6-16)14-10-13-8-4-7(12)2-3-9(8)17-10/h2-4,15-16H,5-6,12H2,1H3,(H,13,14). The van der Waals surface area contributed by atoms with Gasteiger partial charge in [0.1, 0.15) is 5.52 Å². The van der Waals surface area contributed by atoms with Crippen molar-refractivity contribution < 1.29 is 14.6 Å². The third kappa shape index (κ3) is 2.32. The van der Waals surface area contributed by atoms with Crippen LogP contribution in [0, 0.1) is 0 Å². The summed E-state index contributed by atoms with van der Waals surface area (Å²) in [5.74, 6) is 0. The fourth-order valence-electron chi connectivity index (χ4n) is 1.39. The van der Waals surface area contributed by atoms with E-state index in [0.717, 1.165) is 0 Å². The van der Waals surface area contributed by atoms with Gasteiger partial charge in [-0.2, -0.15) is 4.98 Å². The number of hydrogen-bond donors (Lipinski definition) is 4. The van der Waals surface area contributed by atoms with Gasteiger partial charge >= 0.3 is 0 Å². The zero-order valence-corrected chi connectivity index (χ0v) is 9.47. The highest BCUT2D eigenvalue weighted by molar-refractivity contribution is 5.78. The number of nitrogens with one attached hydrogen (secondary N) is 1. The van der Waals surface area contributed by atoms with Gasteiger partial charge < -0.3 is 25.7 Å². The Kier molecular flexibility index (Phi) is 2.91. The van der Waals surface area contributed by atoms with Crippen molar-refractivity contribution in [3.8, 4) is 0 Å². The van der Waals surface area contributed by atoms with E-state index in [-0.39, 0.29) is 19.2 Å². The number of benzene rings is 1. The molecule has 1 aromatic heterocycles. The summed E-state index contributed by atoms with van der Waals surface area (Å²) < 4.78 is 5.42. The lowest BCUT2D eigenvalue weighted by molar-refractivity contribution is 0.145. The van der Waals surface area contributed by atoms with Crippen LogP contribution in [0.2, 0.25) is 0 Å². The zero-order valence-electron chi connectivity index (χ0n) is 9.47. The number of nitrogens with two attached hydrogens (primary N) is 1. The van der Waals surface area contributed by atoms with Crippen LogP contribution in [0.5, 0.6) is 0 Å². The monoisotopic (exact) mass is 237 g/mol. The van der Waals surface area contributed by atoms with E-state index in [1.54, 1.807) is 25.1 Å². The van der Waals surface area contributed by atoms with Crippen LogP contribution in [0.4, 0.5) is 11.7 Å². The maximum atomic E-state index is 9.15. The molecule has 0 unspecified atom stereocenters. The summed E-state index contributed by atoms with van der Waals surface area (Å²) in [6, 6.07) is 5.38. The van der Waals surface area contributed by atoms with Crippen LogP contribution >= 0.6 is 0 Å². The van der Waals surface area contributed by atoms with Gasteiger partial charge in [-0.3, -0.25) is 0 Å². The summed E-state index contributed by atoms with van der Waals surface area (Å²) in [5.41, 5.74) is 6.59. The fourth-order valence-corrected chi connectivity index (χ4v) is 1.39. The van der Waals surface area contributed by atoms with Crippen molar-refractivity contribution in [2.24, 2.45) is 0 Å². The van der Waals surface area contributed by atoms with E-state index >= 15 is 0 Å². The Morgan fingerprint density at radius 2 is 2.12 bits per heavy atom. The van der Waals surface area contributed by atoms with Gasteiger partial charge in [0, 0.05) is 5.69 Å². The van der Waals surface area contributed by atoms with Crippen LogP contribution in [-0.4, -0.2) is 33.9 Å². The molecule has 0 fully saturated rings. The van der Waals surface area contributed by atoms with E-state index in [4.69, 9.17) is 20.4 Å². The minimum absolute atomic E-state index is 0.232. The first-order valence-electron chi connectivity index (χ1n) is 5.22. The molecule has 0 bridgehead atoms. The second kappa shape index (κ2) is 4.23. The first kappa shape index (κ1) is 11.7. The number of aromatic nitrogens is 1. The Hall–Kier alpha value is -1.79. The molecule has 6 heteroatoms. The van der Waals surface area contributed by atoms with Crippen LogP contribution in [-0.2, 0) is 0 Å². The molecule has 2 aromatic rings. The normalized spacial score (nSPS) is 11.9. The minimum atomic E-state index is -0.869. The molecule has 0 amide bonds. The zero-order chi connectivity index (χ0) is 12.5. The van der Waals surface area contributed by atoms with Gasteiger partial charge in [-0.15, -0.1) is 0 Å². The second-order valence-electron chi connectivity index (χ2n) is 4.25. The van der Waals surface area contributed by atoms with E-state index in [0.29, 0.717) is 16.8 Å². The Balaban J connectivity index is 2.31. The number of anilines is 2. The summed E-state index contributed by atoms with van der Waals surface area (Å²) in [4.78, 5) is 4.17. The van der Waals surface area contributed by atoms with Crippen molar-refractivity contribution in [1.82, 2.24) is 4.98 Å².